The molecule has 1 amide bonds. The smallest absolute Gasteiger partial charge is 0.337 e. The quantitative estimate of drug-likeness (QED) is 0.676. The van der Waals surface area contributed by atoms with Gasteiger partial charge in [0.2, 0.25) is 0 Å². The van der Waals surface area contributed by atoms with E-state index in [0.717, 1.165) is 12.3 Å². The van der Waals surface area contributed by atoms with Crippen LogP contribution in [-0.4, -0.2) is 41.9 Å². The molecule has 3 heterocycles. The molecule has 0 saturated carbocycles. The first-order chi connectivity index (χ1) is 13.6. The summed E-state index contributed by atoms with van der Waals surface area (Å²) < 4.78 is 14.8. The van der Waals surface area contributed by atoms with E-state index in [-0.39, 0.29) is 11.1 Å². The molecule has 0 aliphatic carbocycles. The number of hydrogen-bond donors (Lipinski definition) is 2. The second-order valence-corrected chi connectivity index (χ2v) is 7.49. The second-order valence-electron chi connectivity index (χ2n) is 7.49. The van der Waals surface area contributed by atoms with Crippen LogP contribution in [0.25, 0.3) is 5.69 Å². The Hall–Kier alpha value is -3.69. The number of carbonyl (C=O) groups excluding carboxylic acids is 1. The summed E-state index contributed by atoms with van der Waals surface area (Å²) >= 11 is 0. The van der Waals surface area contributed by atoms with Crippen LogP contribution >= 0.6 is 0 Å². The van der Waals surface area contributed by atoms with Crippen molar-refractivity contribution in [2.45, 2.75) is 26.8 Å². The molecule has 3 aromatic rings. The van der Waals surface area contributed by atoms with Crippen LogP contribution in [0, 0.1) is 11.2 Å². The third-order valence-electron chi connectivity index (χ3n) is 4.15. The molecule has 0 spiro atoms. The molecule has 0 aliphatic rings. The molecule has 0 radical (unpaired) electrons. The Balaban J connectivity index is 1.90. The number of carboxylic acids is 1. The molecule has 0 aliphatic heterocycles. The lowest BCUT2D eigenvalue weighted by Crippen LogP contribution is -2.37. The molecule has 0 bridgehead atoms. The van der Waals surface area contributed by atoms with Crippen LogP contribution in [0.15, 0.2) is 43.1 Å². The highest BCUT2D eigenvalue weighted by atomic mass is 19.1. The van der Waals surface area contributed by atoms with Gasteiger partial charge in [-0.05, 0) is 17.5 Å². The molecule has 1 atom stereocenters. The summed E-state index contributed by atoms with van der Waals surface area (Å²) in [6, 6.07) is 1.96. The third kappa shape index (κ3) is 4.60. The van der Waals surface area contributed by atoms with Crippen LogP contribution in [0.5, 0.6) is 0 Å². The van der Waals surface area contributed by atoms with Gasteiger partial charge in [0.05, 0.1) is 41.4 Å². The maximum atomic E-state index is 13.4. The zero-order valence-corrected chi connectivity index (χ0v) is 16.0. The molecule has 3 rings (SSSR count). The molecule has 0 fully saturated rings. The lowest BCUT2D eigenvalue weighted by atomic mass is 9.85. The van der Waals surface area contributed by atoms with Crippen molar-refractivity contribution in [1.82, 2.24) is 30.3 Å². The maximum Gasteiger partial charge on any atom is 0.337 e. The number of pyridine rings is 2. The highest BCUT2D eigenvalue weighted by molar-refractivity contribution is 5.94. The Morgan fingerprint density at radius 1 is 1.10 bits per heavy atom. The van der Waals surface area contributed by atoms with Gasteiger partial charge in [0, 0.05) is 12.4 Å². The molecule has 2 N–H and O–H groups in total. The van der Waals surface area contributed by atoms with Crippen LogP contribution in [0.3, 0.4) is 0 Å². The first-order valence-corrected chi connectivity index (χ1v) is 8.67. The molecular weight excluding hydrogens is 379 g/mol. The predicted octanol–water partition coefficient (Wildman–Crippen LogP) is 2.41. The minimum absolute atomic E-state index is 0.0128. The van der Waals surface area contributed by atoms with Gasteiger partial charge in [-0.15, -0.1) is 5.10 Å². The van der Waals surface area contributed by atoms with E-state index < -0.39 is 29.2 Å². The normalized spacial score (nSPS) is 12.4. The maximum absolute atomic E-state index is 13.4. The Morgan fingerprint density at radius 3 is 2.45 bits per heavy atom. The van der Waals surface area contributed by atoms with Crippen LogP contribution in [0.4, 0.5) is 4.39 Å². The minimum Gasteiger partial charge on any atom is -0.478 e. The molecular formula is C19H19FN6O3. The monoisotopic (exact) mass is 398 g/mol. The Kier molecular flexibility index (Phi) is 5.35. The number of rotatable bonds is 5. The lowest BCUT2D eigenvalue weighted by molar-refractivity contribution is 0.0696. The average Bonchev–Trinajstić information content (AvgIpc) is 3.14. The van der Waals surface area contributed by atoms with E-state index in [9.17, 15) is 14.0 Å². The lowest BCUT2D eigenvalue weighted by Gasteiger charge is -2.29. The number of amides is 1. The highest BCUT2D eigenvalue weighted by Gasteiger charge is 2.31. The van der Waals surface area contributed by atoms with E-state index in [2.05, 4.69) is 25.6 Å². The number of aromatic carboxylic acids is 1. The van der Waals surface area contributed by atoms with Crippen molar-refractivity contribution < 1.29 is 19.1 Å². The molecule has 3 aromatic heterocycles. The van der Waals surface area contributed by atoms with Gasteiger partial charge in [-0.3, -0.25) is 14.8 Å². The summed E-state index contributed by atoms with van der Waals surface area (Å²) in [5.41, 5.74) is 0.523. The van der Waals surface area contributed by atoms with E-state index in [1.807, 2.05) is 20.8 Å². The zero-order valence-electron chi connectivity index (χ0n) is 16.0. The van der Waals surface area contributed by atoms with Crippen molar-refractivity contribution in [2.24, 2.45) is 5.41 Å². The van der Waals surface area contributed by atoms with E-state index in [1.54, 1.807) is 6.20 Å². The number of carboxylic acid groups (broad SMARTS) is 1. The van der Waals surface area contributed by atoms with Gasteiger partial charge in [-0.1, -0.05) is 26.0 Å². The molecule has 0 unspecified atom stereocenters. The minimum atomic E-state index is -1.11. The van der Waals surface area contributed by atoms with Gasteiger partial charge in [0.25, 0.3) is 5.91 Å². The number of nitrogens with one attached hydrogen (secondary N) is 1. The average molecular weight is 398 g/mol. The summed E-state index contributed by atoms with van der Waals surface area (Å²) in [7, 11) is 0. The SMILES string of the molecule is CC(C)(C)[C@H](NC(=O)c1cncc(F)c1)c1cn(-c2cncc(C(=O)O)c2)nn1. The van der Waals surface area contributed by atoms with Crippen LogP contribution in [0.1, 0.15) is 53.2 Å². The van der Waals surface area contributed by atoms with E-state index in [0.29, 0.717) is 11.4 Å². The summed E-state index contributed by atoms with van der Waals surface area (Å²) in [5.74, 6) is -2.22. The van der Waals surface area contributed by atoms with Gasteiger partial charge in [0.1, 0.15) is 11.5 Å². The van der Waals surface area contributed by atoms with Crippen LogP contribution in [-0.2, 0) is 0 Å². The molecule has 150 valence electrons. The summed E-state index contributed by atoms with van der Waals surface area (Å²) in [6.07, 6.45) is 6.56. The summed E-state index contributed by atoms with van der Waals surface area (Å²) in [6.45, 7) is 5.73. The van der Waals surface area contributed by atoms with Gasteiger partial charge in [-0.25, -0.2) is 13.9 Å². The highest BCUT2D eigenvalue weighted by Crippen LogP contribution is 2.32. The first kappa shape index (κ1) is 20.1. The van der Waals surface area contributed by atoms with Crippen molar-refractivity contribution in [3.8, 4) is 5.69 Å². The summed E-state index contributed by atoms with van der Waals surface area (Å²) in [4.78, 5) is 31.3. The molecule has 29 heavy (non-hydrogen) atoms. The Labute approximate surface area is 165 Å². The van der Waals surface area contributed by atoms with E-state index in [4.69, 9.17) is 5.11 Å². The van der Waals surface area contributed by atoms with Gasteiger partial charge < -0.3 is 10.4 Å². The van der Waals surface area contributed by atoms with Crippen LogP contribution < -0.4 is 5.32 Å². The zero-order chi connectivity index (χ0) is 21.2. The van der Waals surface area contributed by atoms with Crippen molar-refractivity contribution in [2.75, 3.05) is 0 Å². The van der Waals surface area contributed by atoms with Crippen LogP contribution in [0.2, 0.25) is 0 Å². The van der Waals surface area contributed by atoms with Crippen molar-refractivity contribution in [3.05, 3.63) is 65.8 Å². The third-order valence-corrected chi connectivity index (χ3v) is 4.15. The summed E-state index contributed by atoms with van der Waals surface area (Å²) in [5, 5.41) is 20.1. The fraction of sp³-hybridized carbons (Fsp3) is 0.263. The fourth-order valence-corrected chi connectivity index (χ4v) is 2.69. The van der Waals surface area contributed by atoms with Gasteiger partial charge >= 0.3 is 5.97 Å². The standard InChI is InChI=1S/C19H19FN6O3/c1-19(2,3)16(23-17(27)11-4-13(20)8-21-6-11)15-10-26(25-24-15)14-5-12(18(28)29)7-22-9-14/h4-10,16H,1-3H3,(H,23,27)(H,28,29)/t16-/m1/s1. The van der Waals surface area contributed by atoms with Crippen molar-refractivity contribution >= 4 is 11.9 Å². The molecule has 9 nitrogen and oxygen atoms in total. The van der Waals surface area contributed by atoms with E-state index in [1.165, 1.54) is 29.3 Å². The number of carbonyl (C=O) groups is 2. The van der Waals surface area contributed by atoms with E-state index >= 15 is 0 Å². The van der Waals surface area contributed by atoms with Crippen molar-refractivity contribution in [1.29, 1.82) is 0 Å². The largest absolute Gasteiger partial charge is 0.478 e. The number of aromatic nitrogens is 5. The molecule has 0 aromatic carbocycles. The second kappa shape index (κ2) is 7.74. The Morgan fingerprint density at radius 2 is 1.79 bits per heavy atom. The Bertz CT molecular complexity index is 1060. The first-order valence-electron chi connectivity index (χ1n) is 8.67. The topological polar surface area (TPSA) is 123 Å². The number of hydrogen-bond acceptors (Lipinski definition) is 6. The molecule has 0 saturated heterocycles. The van der Waals surface area contributed by atoms with Gasteiger partial charge in [-0.2, -0.15) is 0 Å². The number of halogens is 1. The number of nitrogens with zero attached hydrogens (tertiary/aromatic N) is 5. The molecule has 10 heteroatoms. The fourth-order valence-electron chi connectivity index (χ4n) is 2.69. The predicted molar refractivity (Wildman–Crippen MR) is 100.0 cm³/mol. The van der Waals surface area contributed by atoms with Crippen molar-refractivity contribution in [3.63, 3.8) is 0 Å². The van der Waals surface area contributed by atoms with Gasteiger partial charge in [0.15, 0.2) is 0 Å².